The quantitative estimate of drug-likeness (QED) is 0.743. The van der Waals surface area contributed by atoms with E-state index in [1.807, 2.05) is 44.2 Å². The number of imide groups is 1. The van der Waals surface area contributed by atoms with Crippen molar-refractivity contribution in [1.82, 2.24) is 4.90 Å². The van der Waals surface area contributed by atoms with Gasteiger partial charge in [0.05, 0.1) is 11.0 Å². The molecule has 3 amide bonds. The van der Waals surface area contributed by atoms with E-state index in [-0.39, 0.29) is 17.6 Å². The van der Waals surface area contributed by atoms with E-state index in [4.69, 9.17) is 4.74 Å². The lowest BCUT2D eigenvalue weighted by molar-refractivity contribution is -0.127. The minimum Gasteiger partial charge on any atom is -0.491 e. The lowest BCUT2D eigenvalue weighted by atomic mass is 10.2. The molecule has 0 aliphatic carbocycles. The van der Waals surface area contributed by atoms with Crippen molar-refractivity contribution in [3.05, 3.63) is 65.1 Å². The highest BCUT2D eigenvalue weighted by Gasteiger charge is 2.36. The summed E-state index contributed by atoms with van der Waals surface area (Å²) in [7, 11) is 0. The topological polar surface area (TPSA) is 75.7 Å². The number of nitrogens with zero attached hydrogens (tertiary/aromatic N) is 1. The van der Waals surface area contributed by atoms with Crippen LogP contribution < -0.4 is 10.1 Å². The standard InChI is InChI=1S/C21H20N2O4S/c1-14(2)27-17-10-8-15(9-11-17)12-18-20(25)23(21(26)28-18)13-19(24)22-16-6-4-3-5-7-16/h3-12,14H,13H2,1-2H3,(H,22,24)/b18-12-. The average Bonchev–Trinajstić information content (AvgIpc) is 2.91. The normalized spacial score (nSPS) is 15.4. The van der Waals surface area contributed by atoms with Crippen molar-refractivity contribution in [1.29, 1.82) is 0 Å². The van der Waals surface area contributed by atoms with E-state index in [0.717, 1.165) is 28.0 Å². The van der Waals surface area contributed by atoms with Crippen LogP contribution >= 0.6 is 11.8 Å². The predicted octanol–water partition coefficient (Wildman–Crippen LogP) is 4.15. The molecule has 0 unspecified atom stereocenters. The number of hydrogen-bond donors (Lipinski definition) is 1. The van der Waals surface area contributed by atoms with Crippen LogP contribution in [0, 0.1) is 0 Å². The first kappa shape index (κ1) is 19.7. The summed E-state index contributed by atoms with van der Waals surface area (Å²) < 4.78 is 5.59. The molecule has 7 heteroatoms. The van der Waals surface area contributed by atoms with E-state index < -0.39 is 17.1 Å². The number of carbonyl (C=O) groups excluding carboxylic acids is 3. The van der Waals surface area contributed by atoms with Gasteiger partial charge in [0.1, 0.15) is 12.3 Å². The van der Waals surface area contributed by atoms with Gasteiger partial charge in [-0.1, -0.05) is 30.3 Å². The summed E-state index contributed by atoms with van der Waals surface area (Å²) in [5.74, 6) is -0.163. The van der Waals surface area contributed by atoms with Crippen LogP contribution in [0.25, 0.3) is 6.08 Å². The summed E-state index contributed by atoms with van der Waals surface area (Å²) in [6.07, 6.45) is 1.71. The second kappa shape index (κ2) is 8.75. The highest BCUT2D eigenvalue weighted by molar-refractivity contribution is 8.18. The van der Waals surface area contributed by atoms with Gasteiger partial charge in [0.25, 0.3) is 11.1 Å². The van der Waals surface area contributed by atoms with Crippen LogP contribution in [0.1, 0.15) is 19.4 Å². The second-order valence-electron chi connectivity index (χ2n) is 6.42. The molecule has 28 heavy (non-hydrogen) atoms. The molecule has 1 heterocycles. The van der Waals surface area contributed by atoms with Crippen LogP contribution in [0.3, 0.4) is 0 Å². The molecule has 1 aliphatic heterocycles. The number of anilines is 1. The van der Waals surface area contributed by atoms with Crippen LogP contribution in [0.15, 0.2) is 59.5 Å². The SMILES string of the molecule is CC(C)Oc1ccc(/C=C2\SC(=O)N(CC(=O)Nc3ccccc3)C2=O)cc1. The van der Waals surface area contributed by atoms with Crippen LogP contribution in [-0.4, -0.2) is 34.6 Å². The number of para-hydroxylation sites is 1. The Balaban J connectivity index is 1.65. The molecule has 1 aliphatic rings. The Bertz CT molecular complexity index is 908. The zero-order valence-corrected chi connectivity index (χ0v) is 16.4. The summed E-state index contributed by atoms with van der Waals surface area (Å²) in [5.41, 5.74) is 1.38. The summed E-state index contributed by atoms with van der Waals surface area (Å²) in [5, 5.41) is 2.21. The Morgan fingerprint density at radius 1 is 1.11 bits per heavy atom. The number of nitrogens with one attached hydrogen (secondary N) is 1. The van der Waals surface area contributed by atoms with Crippen LogP contribution in [-0.2, 0) is 9.59 Å². The maximum Gasteiger partial charge on any atom is 0.294 e. The third kappa shape index (κ3) is 5.01. The van der Waals surface area contributed by atoms with Gasteiger partial charge in [0.15, 0.2) is 0 Å². The molecule has 0 spiro atoms. The molecule has 0 atom stereocenters. The predicted molar refractivity (Wildman–Crippen MR) is 110 cm³/mol. The highest BCUT2D eigenvalue weighted by Crippen LogP contribution is 2.32. The van der Waals surface area contributed by atoms with Crippen molar-refractivity contribution in [2.45, 2.75) is 20.0 Å². The molecule has 0 aromatic heterocycles. The molecule has 6 nitrogen and oxygen atoms in total. The van der Waals surface area contributed by atoms with E-state index in [1.54, 1.807) is 30.3 Å². The first-order chi connectivity index (χ1) is 13.4. The van der Waals surface area contributed by atoms with Gasteiger partial charge in [-0.3, -0.25) is 19.3 Å². The fourth-order valence-corrected chi connectivity index (χ4v) is 3.41. The molecular weight excluding hydrogens is 376 g/mol. The number of carbonyl (C=O) groups is 3. The zero-order chi connectivity index (χ0) is 20.1. The first-order valence-corrected chi connectivity index (χ1v) is 9.61. The van der Waals surface area contributed by atoms with E-state index >= 15 is 0 Å². The monoisotopic (exact) mass is 396 g/mol. The van der Waals surface area contributed by atoms with Gasteiger partial charge in [-0.2, -0.15) is 0 Å². The minimum absolute atomic E-state index is 0.0735. The summed E-state index contributed by atoms with van der Waals surface area (Å²) in [4.78, 5) is 38.1. The van der Waals surface area contributed by atoms with Crippen molar-refractivity contribution in [3.63, 3.8) is 0 Å². The van der Waals surface area contributed by atoms with Gasteiger partial charge >= 0.3 is 0 Å². The van der Waals surface area contributed by atoms with Crippen LogP contribution in [0.4, 0.5) is 10.5 Å². The van der Waals surface area contributed by atoms with Crippen molar-refractivity contribution in [2.24, 2.45) is 0 Å². The lowest BCUT2D eigenvalue weighted by Gasteiger charge is -2.12. The fourth-order valence-electron chi connectivity index (χ4n) is 2.57. The Labute approximate surface area is 167 Å². The van der Waals surface area contributed by atoms with Gasteiger partial charge in [0.2, 0.25) is 5.91 Å². The van der Waals surface area contributed by atoms with Gasteiger partial charge < -0.3 is 10.1 Å². The first-order valence-electron chi connectivity index (χ1n) is 8.79. The lowest BCUT2D eigenvalue weighted by Crippen LogP contribution is -2.36. The second-order valence-corrected chi connectivity index (χ2v) is 7.41. The molecule has 3 rings (SSSR count). The molecule has 0 bridgehead atoms. The third-order valence-corrected chi connectivity index (χ3v) is 4.69. The Hall–Kier alpha value is -3.06. The van der Waals surface area contributed by atoms with E-state index in [9.17, 15) is 14.4 Å². The summed E-state index contributed by atoms with van der Waals surface area (Å²) >= 11 is 0.827. The molecule has 1 saturated heterocycles. The Morgan fingerprint density at radius 2 is 1.79 bits per heavy atom. The summed E-state index contributed by atoms with van der Waals surface area (Å²) in [6, 6.07) is 16.1. The molecule has 0 radical (unpaired) electrons. The highest BCUT2D eigenvalue weighted by atomic mass is 32.2. The number of amides is 3. The molecule has 144 valence electrons. The van der Waals surface area contributed by atoms with Crippen LogP contribution in [0.2, 0.25) is 0 Å². The van der Waals surface area contributed by atoms with Crippen molar-refractivity contribution in [3.8, 4) is 5.75 Å². The average molecular weight is 396 g/mol. The van der Waals surface area contributed by atoms with E-state index in [2.05, 4.69) is 5.32 Å². The number of ether oxygens (including phenoxy) is 1. The van der Waals surface area contributed by atoms with Crippen molar-refractivity contribution in [2.75, 3.05) is 11.9 Å². The number of rotatable bonds is 6. The molecule has 1 N–H and O–H groups in total. The van der Waals surface area contributed by atoms with Gasteiger partial charge in [-0.15, -0.1) is 0 Å². The van der Waals surface area contributed by atoms with Crippen LogP contribution in [0.5, 0.6) is 5.75 Å². The molecule has 2 aromatic rings. The molecular formula is C21H20N2O4S. The smallest absolute Gasteiger partial charge is 0.294 e. The number of thioether (sulfide) groups is 1. The van der Waals surface area contributed by atoms with Crippen molar-refractivity contribution >= 4 is 40.6 Å². The van der Waals surface area contributed by atoms with E-state index in [1.165, 1.54) is 0 Å². The van der Waals surface area contributed by atoms with E-state index in [0.29, 0.717) is 5.69 Å². The molecule has 1 fully saturated rings. The fraction of sp³-hybridized carbons (Fsp3) is 0.190. The maximum atomic E-state index is 12.5. The molecule has 0 saturated carbocycles. The van der Waals surface area contributed by atoms with Gasteiger partial charge in [-0.05, 0) is 61.5 Å². The largest absolute Gasteiger partial charge is 0.491 e. The van der Waals surface area contributed by atoms with Gasteiger partial charge in [-0.25, -0.2) is 0 Å². The summed E-state index contributed by atoms with van der Waals surface area (Å²) in [6.45, 7) is 3.56. The zero-order valence-electron chi connectivity index (χ0n) is 15.5. The van der Waals surface area contributed by atoms with Crippen molar-refractivity contribution < 1.29 is 19.1 Å². The number of benzene rings is 2. The third-order valence-electron chi connectivity index (χ3n) is 3.78. The molecule has 2 aromatic carbocycles. The minimum atomic E-state index is -0.472. The Kier molecular flexibility index (Phi) is 6.16. The van der Waals surface area contributed by atoms with Gasteiger partial charge in [0, 0.05) is 5.69 Å². The number of hydrogen-bond acceptors (Lipinski definition) is 5. The maximum absolute atomic E-state index is 12.5. The Morgan fingerprint density at radius 3 is 2.43 bits per heavy atom.